The molecule has 8 nitrogen and oxygen atoms in total. The van der Waals surface area contributed by atoms with E-state index in [0.29, 0.717) is 6.54 Å². The van der Waals surface area contributed by atoms with Crippen molar-refractivity contribution < 1.29 is 29.6 Å². The second-order valence-electron chi connectivity index (χ2n) is 6.24. The van der Waals surface area contributed by atoms with E-state index in [0.717, 1.165) is 0 Å². The van der Waals surface area contributed by atoms with Crippen LogP contribution in [-0.2, 0) is 9.53 Å². The van der Waals surface area contributed by atoms with E-state index in [2.05, 4.69) is 0 Å². The Morgan fingerprint density at radius 2 is 2.00 bits per heavy atom. The Kier molecular flexibility index (Phi) is 4.40. The number of likely N-dealkylation sites (tertiary alicyclic amines) is 1. The van der Waals surface area contributed by atoms with Crippen LogP contribution in [0.4, 0.5) is 4.79 Å². The van der Waals surface area contributed by atoms with E-state index in [-0.39, 0.29) is 26.1 Å². The van der Waals surface area contributed by atoms with Gasteiger partial charge in [-0.15, -0.1) is 0 Å². The van der Waals surface area contributed by atoms with Crippen molar-refractivity contribution in [3.63, 3.8) is 0 Å². The van der Waals surface area contributed by atoms with E-state index in [1.807, 2.05) is 13.8 Å². The third-order valence-corrected chi connectivity index (χ3v) is 3.77. The fourth-order valence-electron chi connectivity index (χ4n) is 2.98. The van der Waals surface area contributed by atoms with Crippen LogP contribution in [0.3, 0.4) is 0 Å². The Labute approximate surface area is 122 Å². The van der Waals surface area contributed by atoms with Gasteiger partial charge in [0.15, 0.2) is 0 Å². The monoisotopic (exact) mass is 302 g/mol. The minimum atomic E-state index is -1.12. The van der Waals surface area contributed by atoms with E-state index in [1.54, 1.807) is 0 Å². The highest BCUT2D eigenvalue weighted by atomic mass is 16.5. The number of aliphatic hydroxyl groups is 2. The van der Waals surface area contributed by atoms with Crippen molar-refractivity contribution in [1.29, 1.82) is 0 Å². The molecule has 3 atom stereocenters. The Hall–Kier alpha value is -1.38. The van der Waals surface area contributed by atoms with Crippen molar-refractivity contribution >= 4 is 12.0 Å². The van der Waals surface area contributed by atoms with Gasteiger partial charge in [0.05, 0.1) is 37.5 Å². The number of amides is 2. The number of rotatable bonds is 2. The smallest absolute Gasteiger partial charge is 0.326 e. The van der Waals surface area contributed by atoms with Gasteiger partial charge in [0.1, 0.15) is 6.04 Å². The van der Waals surface area contributed by atoms with Crippen LogP contribution in [-0.4, -0.2) is 87.2 Å². The standard InChI is InChI=1S/C13H22N2O6/c1-13(2)7-14(5-9(6-16)21-13)12(20)15-4-8(17)3-10(15)11(18)19/h8-10,16-17H,3-7H2,1-2H3,(H,18,19)/t8-,9?,10-/m1/s1. The van der Waals surface area contributed by atoms with Crippen LogP contribution in [0.25, 0.3) is 0 Å². The molecule has 8 heteroatoms. The first-order valence-corrected chi connectivity index (χ1v) is 6.98. The molecule has 120 valence electrons. The number of hydrogen-bond acceptors (Lipinski definition) is 5. The second kappa shape index (κ2) is 5.78. The third-order valence-electron chi connectivity index (χ3n) is 3.77. The van der Waals surface area contributed by atoms with Crippen LogP contribution in [0.1, 0.15) is 20.3 Å². The first-order chi connectivity index (χ1) is 9.73. The number of aliphatic hydroxyl groups excluding tert-OH is 2. The van der Waals surface area contributed by atoms with Gasteiger partial charge in [0.25, 0.3) is 0 Å². The zero-order valence-corrected chi connectivity index (χ0v) is 12.2. The van der Waals surface area contributed by atoms with Gasteiger partial charge in [-0.05, 0) is 13.8 Å². The number of ether oxygens (including phenoxy) is 1. The van der Waals surface area contributed by atoms with Gasteiger partial charge >= 0.3 is 12.0 Å². The lowest BCUT2D eigenvalue weighted by molar-refractivity contribution is -0.145. The van der Waals surface area contributed by atoms with Crippen molar-refractivity contribution in [3.05, 3.63) is 0 Å². The van der Waals surface area contributed by atoms with Crippen LogP contribution in [0, 0.1) is 0 Å². The van der Waals surface area contributed by atoms with Crippen LogP contribution in [0.2, 0.25) is 0 Å². The molecule has 0 aromatic carbocycles. The summed E-state index contributed by atoms with van der Waals surface area (Å²) in [5.41, 5.74) is -0.613. The van der Waals surface area contributed by atoms with E-state index >= 15 is 0 Å². The molecule has 2 amide bonds. The van der Waals surface area contributed by atoms with Gasteiger partial charge in [-0.25, -0.2) is 9.59 Å². The first-order valence-electron chi connectivity index (χ1n) is 6.98. The summed E-state index contributed by atoms with van der Waals surface area (Å²) >= 11 is 0. The predicted octanol–water partition coefficient (Wildman–Crippen LogP) is -0.902. The zero-order valence-electron chi connectivity index (χ0n) is 12.2. The molecule has 0 bridgehead atoms. The lowest BCUT2D eigenvalue weighted by atomic mass is 10.1. The molecule has 0 saturated carbocycles. The van der Waals surface area contributed by atoms with E-state index in [4.69, 9.17) is 9.84 Å². The molecule has 0 radical (unpaired) electrons. The summed E-state index contributed by atoms with van der Waals surface area (Å²) in [4.78, 5) is 26.4. The minimum absolute atomic E-state index is 0.0113. The summed E-state index contributed by atoms with van der Waals surface area (Å²) in [7, 11) is 0. The summed E-state index contributed by atoms with van der Waals surface area (Å²) in [5, 5.41) is 28.0. The molecular formula is C13H22N2O6. The van der Waals surface area contributed by atoms with Crippen molar-refractivity contribution in [2.24, 2.45) is 0 Å². The quantitative estimate of drug-likeness (QED) is 0.609. The average Bonchev–Trinajstić information content (AvgIpc) is 2.78. The predicted molar refractivity (Wildman–Crippen MR) is 71.8 cm³/mol. The molecule has 2 aliphatic rings. The maximum atomic E-state index is 12.6. The molecule has 0 aromatic heterocycles. The number of nitrogens with zero attached hydrogens (tertiary/aromatic N) is 2. The molecule has 2 saturated heterocycles. The third kappa shape index (κ3) is 3.45. The Bertz CT molecular complexity index is 427. The Morgan fingerprint density at radius 3 is 2.57 bits per heavy atom. The Morgan fingerprint density at radius 1 is 1.33 bits per heavy atom. The number of carboxylic acid groups (broad SMARTS) is 1. The van der Waals surface area contributed by atoms with Crippen LogP contribution in [0.15, 0.2) is 0 Å². The summed E-state index contributed by atoms with van der Waals surface area (Å²) in [5.74, 6) is -1.12. The number of carbonyl (C=O) groups excluding carboxylic acids is 1. The number of β-amino-alcohol motifs (C(OH)–C–C–N with tert-alkyl or cyclic N) is 1. The van der Waals surface area contributed by atoms with Gasteiger partial charge in [0, 0.05) is 13.0 Å². The van der Waals surface area contributed by atoms with Gasteiger partial charge < -0.3 is 29.9 Å². The van der Waals surface area contributed by atoms with Crippen molar-refractivity contribution in [2.75, 3.05) is 26.2 Å². The Balaban J connectivity index is 2.13. The summed E-state index contributed by atoms with van der Waals surface area (Å²) in [6, 6.07) is -1.44. The van der Waals surface area contributed by atoms with E-state index in [9.17, 15) is 19.8 Å². The first kappa shape index (κ1) is 16.0. The van der Waals surface area contributed by atoms with Crippen LogP contribution >= 0.6 is 0 Å². The molecule has 2 fully saturated rings. The molecule has 2 aliphatic heterocycles. The van der Waals surface area contributed by atoms with E-state index < -0.39 is 35.9 Å². The van der Waals surface area contributed by atoms with Crippen molar-refractivity contribution in [3.8, 4) is 0 Å². The summed E-state index contributed by atoms with van der Waals surface area (Å²) in [6.45, 7) is 3.93. The van der Waals surface area contributed by atoms with Gasteiger partial charge in [0.2, 0.25) is 0 Å². The molecular weight excluding hydrogens is 280 g/mol. The highest BCUT2D eigenvalue weighted by molar-refractivity contribution is 5.83. The largest absolute Gasteiger partial charge is 0.480 e. The van der Waals surface area contributed by atoms with Gasteiger partial charge in [-0.2, -0.15) is 0 Å². The number of urea groups is 1. The molecule has 0 spiro atoms. The number of carbonyl (C=O) groups is 2. The minimum Gasteiger partial charge on any atom is -0.480 e. The zero-order chi connectivity index (χ0) is 15.8. The van der Waals surface area contributed by atoms with Crippen molar-refractivity contribution in [1.82, 2.24) is 9.80 Å². The SMILES string of the molecule is CC1(C)CN(C(=O)N2C[C@H](O)C[C@@H]2C(=O)O)CC(CO)O1. The highest BCUT2D eigenvalue weighted by Crippen LogP contribution is 2.25. The second-order valence-corrected chi connectivity index (χ2v) is 6.24. The molecule has 0 aliphatic carbocycles. The molecule has 0 aromatic rings. The van der Waals surface area contributed by atoms with Crippen LogP contribution < -0.4 is 0 Å². The fraction of sp³-hybridized carbons (Fsp3) is 0.846. The average molecular weight is 302 g/mol. The molecule has 2 rings (SSSR count). The fourth-order valence-corrected chi connectivity index (χ4v) is 2.98. The number of morpholine rings is 1. The number of aliphatic carboxylic acids is 1. The van der Waals surface area contributed by atoms with Gasteiger partial charge in [-0.1, -0.05) is 0 Å². The lowest BCUT2D eigenvalue weighted by Crippen LogP contribution is -2.59. The maximum Gasteiger partial charge on any atom is 0.326 e. The highest BCUT2D eigenvalue weighted by Gasteiger charge is 2.43. The number of hydrogen-bond donors (Lipinski definition) is 3. The van der Waals surface area contributed by atoms with Crippen molar-refractivity contribution in [2.45, 2.75) is 44.1 Å². The summed E-state index contributed by atoms with van der Waals surface area (Å²) in [6.07, 6.45) is -1.27. The van der Waals surface area contributed by atoms with Gasteiger partial charge in [-0.3, -0.25) is 0 Å². The normalized spacial score (nSPS) is 32.3. The maximum absolute atomic E-state index is 12.6. The molecule has 21 heavy (non-hydrogen) atoms. The van der Waals surface area contributed by atoms with E-state index in [1.165, 1.54) is 9.80 Å². The topological polar surface area (TPSA) is 111 Å². The molecule has 3 N–H and O–H groups in total. The molecule has 1 unspecified atom stereocenters. The number of carboxylic acids is 1. The summed E-state index contributed by atoms with van der Waals surface area (Å²) < 4.78 is 5.63. The van der Waals surface area contributed by atoms with Crippen LogP contribution in [0.5, 0.6) is 0 Å². The molecule has 2 heterocycles. The lowest BCUT2D eigenvalue weighted by Gasteiger charge is -2.43.